The van der Waals surface area contributed by atoms with Crippen LogP contribution in [0.25, 0.3) is 6.08 Å². The van der Waals surface area contributed by atoms with Gasteiger partial charge in [0.2, 0.25) is 11.8 Å². The second kappa shape index (κ2) is 9.72. The number of halogens is 1. The number of anilines is 2. The summed E-state index contributed by atoms with van der Waals surface area (Å²) in [4.78, 5) is 44.5. The molecule has 1 N–H and O–H groups in total. The second-order valence-corrected chi connectivity index (χ2v) is 7.71. The number of piperazine rings is 1. The molecule has 4 heterocycles. The van der Waals surface area contributed by atoms with Gasteiger partial charge in [-0.1, -0.05) is 0 Å². The molecular formula is C22H24FN5O5. The Morgan fingerprint density at radius 1 is 1.30 bits per heavy atom. The van der Waals surface area contributed by atoms with Gasteiger partial charge in [0.15, 0.2) is 11.6 Å². The van der Waals surface area contributed by atoms with E-state index >= 15 is 0 Å². The predicted octanol–water partition coefficient (Wildman–Crippen LogP) is 1.64. The monoisotopic (exact) mass is 457 g/mol. The zero-order chi connectivity index (χ0) is 23.4. The Hall–Kier alpha value is -3.89. The smallest absolute Gasteiger partial charge is 0.414 e. The van der Waals surface area contributed by atoms with Crippen molar-refractivity contribution in [2.75, 3.05) is 49.1 Å². The minimum Gasteiger partial charge on any atom is -0.465 e. The Morgan fingerprint density at radius 3 is 2.76 bits per heavy atom. The van der Waals surface area contributed by atoms with Gasteiger partial charge in [-0.2, -0.15) is 0 Å². The molecule has 2 aliphatic heterocycles. The van der Waals surface area contributed by atoms with Gasteiger partial charge in [-0.15, -0.1) is 0 Å². The average molecular weight is 457 g/mol. The Bertz CT molecular complexity index is 1050. The molecule has 0 aromatic carbocycles. The lowest BCUT2D eigenvalue weighted by Gasteiger charge is -2.35. The third kappa shape index (κ3) is 5.30. The molecule has 2 aromatic heterocycles. The molecule has 10 nitrogen and oxygen atoms in total. The molecule has 0 radical (unpaired) electrons. The number of furan rings is 1. The molecule has 33 heavy (non-hydrogen) atoms. The molecule has 2 fully saturated rings. The highest BCUT2D eigenvalue weighted by atomic mass is 19.1. The van der Waals surface area contributed by atoms with Crippen LogP contribution in [0.15, 0.2) is 41.2 Å². The molecule has 4 rings (SSSR count). The molecule has 0 bridgehead atoms. The van der Waals surface area contributed by atoms with Crippen molar-refractivity contribution in [2.24, 2.45) is 0 Å². The number of rotatable bonds is 6. The van der Waals surface area contributed by atoms with E-state index in [2.05, 4.69) is 10.3 Å². The first-order valence-electron chi connectivity index (χ1n) is 10.5. The zero-order valence-electron chi connectivity index (χ0n) is 18.1. The van der Waals surface area contributed by atoms with E-state index in [0.717, 1.165) is 0 Å². The van der Waals surface area contributed by atoms with E-state index in [9.17, 15) is 18.8 Å². The summed E-state index contributed by atoms with van der Waals surface area (Å²) in [5.41, 5.74) is 0.281. The van der Waals surface area contributed by atoms with Gasteiger partial charge < -0.3 is 24.3 Å². The first kappa shape index (κ1) is 22.3. The number of cyclic esters (lactones) is 1. The van der Waals surface area contributed by atoms with Crippen molar-refractivity contribution in [3.05, 3.63) is 48.3 Å². The third-order valence-electron chi connectivity index (χ3n) is 5.40. The largest absolute Gasteiger partial charge is 0.465 e. The van der Waals surface area contributed by atoms with Crippen molar-refractivity contribution in [2.45, 2.75) is 13.0 Å². The van der Waals surface area contributed by atoms with Crippen LogP contribution in [0.5, 0.6) is 0 Å². The molecule has 2 aromatic rings. The lowest BCUT2D eigenvalue weighted by molar-refractivity contribution is -0.126. The number of carbonyl (C=O) groups excluding carboxylic acids is 3. The summed E-state index contributed by atoms with van der Waals surface area (Å²) >= 11 is 0. The lowest BCUT2D eigenvalue weighted by Crippen LogP contribution is -2.48. The Balaban J connectivity index is 1.34. The van der Waals surface area contributed by atoms with Crippen LogP contribution in [-0.4, -0.2) is 73.2 Å². The highest BCUT2D eigenvalue weighted by molar-refractivity contribution is 5.91. The normalized spacial score (nSPS) is 18.7. The Kier molecular flexibility index (Phi) is 6.57. The van der Waals surface area contributed by atoms with E-state index in [-0.39, 0.29) is 36.4 Å². The van der Waals surface area contributed by atoms with E-state index in [4.69, 9.17) is 9.15 Å². The first-order valence-corrected chi connectivity index (χ1v) is 10.5. The van der Waals surface area contributed by atoms with Gasteiger partial charge in [0.1, 0.15) is 11.9 Å². The molecule has 2 saturated heterocycles. The van der Waals surface area contributed by atoms with Crippen molar-refractivity contribution in [3.63, 3.8) is 0 Å². The number of hydrogen-bond donors (Lipinski definition) is 1. The van der Waals surface area contributed by atoms with Gasteiger partial charge in [0.05, 0.1) is 31.2 Å². The Morgan fingerprint density at radius 2 is 2.09 bits per heavy atom. The van der Waals surface area contributed by atoms with Crippen LogP contribution in [0.1, 0.15) is 12.7 Å². The average Bonchev–Trinajstić information content (AvgIpc) is 3.45. The van der Waals surface area contributed by atoms with Crippen LogP contribution in [0.3, 0.4) is 0 Å². The van der Waals surface area contributed by atoms with E-state index < -0.39 is 18.0 Å². The summed E-state index contributed by atoms with van der Waals surface area (Å²) in [6.45, 7) is 3.44. The summed E-state index contributed by atoms with van der Waals surface area (Å²) in [5, 5.41) is 2.59. The molecule has 0 spiro atoms. The number of pyridine rings is 1. The van der Waals surface area contributed by atoms with Crippen LogP contribution in [0, 0.1) is 5.82 Å². The van der Waals surface area contributed by atoms with Crippen LogP contribution >= 0.6 is 0 Å². The van der Waals surface area contributed by atoms with E-state index in [1.165, 1.54) is 36.4 Å². The molecule has 2 aliphatic rings. The zero-order valence-corrected chi connectivity index (χ0v) is 18.1. The van der Waals surface area contributed by atoms with Gasteiger partial charge in [0.25, 0.3) is 0 Å². The van der Waals surface area contributed by atoms with Crippen molar-refractivity contribution in [1.29, 1.82) is 0 Å². The quantitative estimate of drug-likeness (QED) is 0.657. The molecule has 0 saturated carbocycles. The topological polar surface area (TPSA) is 108 Å². The van der Waals surface area contributed by atoms with E-state index in [0.29, 0.717) is 31.9 Å². The highest BCUT2D eigenvalue weighted by Crippen LogP contribution is 2.26. The fraction of sp³-hybridized carbons (Fsp3) is 0.364. The summed E-state index contributed by atoms with van der Waals surface area (Å²) in [7, 11) is 0. The number of ether oxygens (including phenoxy) is 1. The molecule has 0 aliphatic carbocycles. The van der Waals surface area contributed by atoms with Crippen LogP contribution in [0.4, 0.5) is 20.7 Å². The number of hydrogen-bond acceptors (Lipinski definition) is 7. The SMILES string of the molecule is CC(=O)NC[C@H]1CN(c2cnc(N3CCN(C(=O)/C=C/c4ccco4)CC3)c(F)c2)C(=O)O1. The van der Waals surface area contributed by atoms with Crippen LogP contribution in [0.2, 0.25) is 0 Å². The summed E-state index contributed by atoms with van der Waals surface area (Å²) in [5.74, 6) is -0.174. The minimum absolute atomic E-state index is 0.142. The van der Waals surface area contributed by atoms with Crippen molar-refractivity contribution in [1.82, 2.24) is 15.2 Å². The van der Waals surface area contributed by atoms with E-state index in [1.807, 2.05) is 0 Å². The van der Waals surface area contributed by atoms with Gasteiger partial charge >= 0.3 is 6.09 Å². The minimum atomic E-state index is -0.617. The number of aromatic nitrogens is 1. The van der Waals surface area contributed by atoms with Gasteiger partial charge in [-0.05, 0) is 18.2 Å². The highest BCUT2D eigenvalue weighted by Gasteiger charge is 2.33. The molecule has 11 heteroatoms. The molecule has 3 amide bonds. The molecule has 0 unspecified atom stereocenters. The van der Waals surface area contributed by atoms with Gasteiger partial charge in [0, 0.05) is 45.2 Å². The van der Waals surface area contributed by atoms with Crippen LogP contribution < -0.4 is 15.1 Å². The fourth-order valence-corrected chi connectivity index (χ4v) is 3.68. The number of nitrogens with zero attached hydrogens (tertiary/aromatic N) is 4. The summed E-state index contributed by atoms with van der Waals surface area (Å²) in [6.07, 6.45) is 4.89. The number of nitrogens with one attached hydrogen (secondary N) is 1. The third-order valence-corrected chi connectivity index (χ3v) is 5.40. The second-order valence-electron chi connectivity index (χ2n) is 7.71. The Labute approximate surface area is 189 Å². The number of carbonyl (C=O) groups is 3. The lowest BCUT2D eigenvalue weighted by atomic mass is 10.2. The first-order chi connectivity index (χ1) is 15.9. The maximum Gasteiger partial charge on any atom is 0.414 e. The van der Waals surface area contributed by atoms with Crippen molar-refractivity contribution >= 4 is 35.5 Å². The van der Waals surface area contributed by atoms with Crippen molar-refractivity contribution < 1.29 is 27.9 Å². The van der Waals surface area contributed by atoms with Gasteiger partial charge in [-0.25, -0.2) is 14.2 Å². The predicted molar refractivity (Wildman–Crippen MR) is 117 cm³/mol. The maximum atomic E-state index is 14.9. The van der Waals surface area contributed by atoms with E-state index in [1.54, 1.807) is 28.0 Å². The standard InChI is InChI=1S/C22H24FN5O5/c1-15(29)24-13-18-14-28(22(31)33-18)16-11-19(23)21(25-12-16)27-8-6-26(7-9-27)20(30)5-4-17-3-2-10-32-17/h2-5,10-12,18H,6-9,13-14H2,1H3,(H,24,29)/b5-4+/t18-/m0/s1. The summed E-state index contributed by atoms with van der Waals surface area (Å²) in [6, 6.07) is 4.74. The van der Waals surface area contributed by atoms with Gasteiger partial charge in [-0.3, -0.25) is 14.5 Å². The maximum absolute atomic E-state index is 14.9. The summed E-state index contributed by atoms with van der Waals surface area (Å²) < 4.78 is 25.2. The molecule has 1 atom stereocenters. The number of amides is 3. The molecular weight excluding hydrogens is 433 g/mol. The fourth-order valence-electron chi connectivity index (χ4n) is 3.68. The van der Waals surface area contributed by atoms with Crippen molar-refractivity contribution in [3.8, 4) is 0 Å². The molecule has 174 valence electrons. The van der Waals surface area contributed by atoms with Crippen LogP contribution in [-0.2, 0) is 14.3 Å².